The summed E-state index contributed by atoms with van der Waals surface area (Å²) in [6, 6.07) is 8.13. The molecule has 2 aliphatic rings. The summed E-state index contributed by atoms with van der Waals surface area (Å²) in [7, 11) is 0. The second-order valence-corrected chi connectivity index (χ2v) is 8.02. The molecule has 1 fully saturated rings. The minimum atomic E-state index is 0.156. The highest BCUT2D eigenvalue weighted by molar-refractivity contribution is 6.31. The van der Waals surface area contributed by atoms with Crippen LogP contribution >= 0.6 is 11.6 Å². The van der Waals surface area contributed by atoms with Gasteiger partial charge in [-0.3, -0.25) is 4.98 Å². The van der Waals surface area contributed by atoms with E-state index in [0.717, 1.165) is 35.9 Å². The molecule has 1 aliphatic carbocycles. The Kier molecular flexibility index (Phi) is 3.64. The molecule has 2 aromatic heterocycles. The van der Waals surface area contributed by atoms with Crippen LogP contribution in [-0.2, 0) is 11.8 Å². The van der Waals surface area contributed by atoms with E-state index in [1.165, 1.54) is 41.6 Å². The van der Waals surface area contributed by atoms with Gasteiger partial charge in [0.2, 0.25) is 0 Å². The van der Waals surface area contributed by atoms with Crippen LogP contribution in [0.1, 0.15) is 36.3 Å². The molecular weight excluding hydrogens is 344 g/mol. The number of rotatable bonds is 1. The van der Waals surface area contributed by atoms with E-state index < -0.39 is 0 Å². The molecule has 1 atom stereocenters. The van der Waals surface area contributed by atoms with Crippen LogP contribution in [0.4, 0.5) is 5.69 Å². The second-order valence-electron chi connectivity index (χ2n) is 7.59. The minimum Gasteiger partial charge on any atom is -0.370 e. The SMILES string of the molecule is Cc1ncc2c(n1)C1(CCCN(c3ccnc4cc(Cl)ccc34)C1)CC2. The van der Waals surface area contributed by atoms with Crippen LogP contribution in [0.3, 0.4) is 0 Å². The lowest BCUT2D eigenvalue weighted by Crippen LogP contribution is -2.45. The number of anilines is 1. The zero-order chi connectivity index (χ0) is 17.7. The number of nitrogens with zero attached hydrogens (tertiary/aromatic N) is 4. The Morgan fingerprint density at radius 2 is 2.08 bits per heavy atom. The van der Waals surface area contributed by atoms with Gasteiger partial charge in [0.25, 0.3) is 0 Å². The van der Waals surface area contributed by atoms with E-state index in [-0.39, 0.29) is 5.41 Å². The zero-order valence-electron chi connectivity index (χ0n) is 14.9. The first kappa shape index (κ1) is 16.0. The highest BCUT2D eigenvalue weighted by atomic mass is 35.5. The summed E-state index contributed by atoms with van der Waals surface area (Å²) in [5.41, 5.74) is 4.99. The summed E-state index contributed by atoms with van der Waals surface area (Å²) in [5, 5.41) is 1.90. The standard InChI is InChI=1S/C21H21ClN4/c1-14-24-12-15-5-8-21(20(15)25-14)7-2-10-26(13-21)19-6-9-23-18-11-16(22)3-4-17(18)19/h3-4,6,9,11-12H,2,5,7-8,10,13H2,1H3. The zero-order valence-corrected chi connectivity index (χ0v) is 15.6. The van der Waals surface area contributed by atoms with E-state index in [1.54, 1.807) is 0 Å². The van der Waals surface area contributed by atoms with Crippen molar-refractivity contribution in [2.75, 3.05) is 18.0 Å². The fourth-order valence-corrected chi connectivity index (χ4v) is 4.91. The lowest BCUT2D eigenvalue weighted by molar-refractivity contribution is 0.334. The van der Waals surface area contributed by atoms with E-state index in [2.05, 4.69) is 27.0 Å². The summed E-state index contributed by atoms with van der Waals surface area (Å²) >= 11 is 6.16. The van der Waals surface area contributed by atoms with Crippen molar-refractivity contribution in [3.63, 3.8) is 0 Å². The van der Waals surface area contributed by atoms with E-state index >= 15 is 0 Å². The van der Waals surface area contributed by atoms with E-state index in [0.29, 0.717) is 0 Å². The maximum absolute atomic E-state index is 6.16. The molecular formula is C21H21ClN4. The number of fused-ring (bicyclic) bond motifs is 3. The topological polar surface area (TPSA) is 41.9 Å². The minimum absolute atomic E-state index is 0.156. The van der Waals surface area contributed by atoms with Crippen LogP contribution < -0.4 is 4.90 Å². The van der Waals surface area contributed by atoms with Gasteiger partial charge >= 0.3 is 0 Å². The molecule has 4 nitrogen and oxygen atoms in total. The lowest BCUT2D eigenvalue weighted by Gasteiger charge is -2.42. The largest absolute Gasteiger partial charge is 0.370 e. The maximum Gasteiger partial charge on any atom is 0.125 e. The molecule has 1 saturated heterocycles. The van der Waals surface area contributed by atoms with Crippen molar-refractivity contribution < 1.29 is 0 Å². The third-order valence-corrected chi connectivity index (χ3v) is 6.19. The Balaban J connectivity index is 1.57. The van der Waals surface area contributed by atoms with Crippen LogP contribution in [0.15, 0.2) is 36.7 Å². The quantitative estimate of drug-likeness (QED) is 0.638. The molecule has 1 unspecified atom stereocenters. The number of halogens is 1. The first-order chi connectivity index (χ1) is 12.6. The third-order valence-electron chi connectivity index (χ3n) is 5.96. The van der Waals surface area contributed by atoms with Gasteiger partial charge in [0, 0.05) is 47.0 Å². The van der Waals surface area contributed by atoms with Gasteiger partial charge in [-0.1, -0.05) is 11.6 Å². The number of aryl methyl sites for hydroxylation is 2. The molecule has 1 spiro atoms. The normalized spacial score (nSPS) is 22.2. The predicted octanol–water partition coefficient (Wildman–Crippen LogP) is 4.47. The fourth-order valence-electron chi connectivity index (χ4n) is 4.75. The molecule has 26 heavy (non-hydrogen) atoms. The number of hydrogen-bond donors (Lipinski definition) is 0. The van der Waals surface area contributed by atoms with Crippen molar-refractivity contribution in [3.05, 3.63) is 58.8 Å². The number of benzene rings is 1. The van der Waals surface area contributed by atoms with Gasteiger partial charge in [-0.05, 0) is 62.4 Å². The van der Waals surface area contributed by atoms with E-state index in [1.807, 2.05) is 31.5 Å². The van der Waals surface area contributed by atoms with Gasteiger partial charge in [0.15, 0.2) is 0 Å². The van der Waals surface area contributed by atoms with Gasteiger partial charge in [0.05, 0.1) is 11.2 Å². The Bertz CT molecular complexity index is 998. The molecule has 0 radical (unpaired) electrons. The molecule has 1 aliphatic heterocycles. The van der Waals surface area contributed by atoms with E-state index in [4.69, 9.17) is 16.6 Å². The van der Waals surface area contributed by atoms with Crippen molar-refractivity contribution in [2.24, 2.45) is 0 Å². The molecule has 0 N–H and O–H groups in total. The average molecular weight is 365 g/mol. The summed E-state index contributed by atoms with van der Waals surface area (Å²) in [6.07, 6.45) is 8.59. The smallest absolute Gasteiger partial charge is 0.125 e. The first-order valence-corrected chi connectivity index (χ1v) is 9.65. The van der Waals surface area contributed by atoms with Crippen LogP contribution in [0, 0.1) is 6.92 Å². The fraction of sp³-hybridized carbons (Fsp3) is 0.381. The van der Waals surface area contributed by atoms with Crippen LogP contribution in [0.2, 0.25) is 5.02 Å². The van der Waals surface area contributed by atoms with Gasteiger partial charge < -0.3 is 4.90 Å². The van der Waals surface area contributed by atoms with Crippen LogP contribution in [0.25, 0.3) is 10.9 Å². The lowest BCUT2D eigenvalue weighted by atomic mass is 9.77. The summed E-state index contributed by atoms with van der Waals surface area (Å²) in [4.78, 5) is 16.3. The van der Waals surface area contributed by atoms with E-state index in [9.17, 15) is 0 Å². The first-order valence-electron chi connectivity index (χ1n) is 9.27. The van der Waals surface area contributed by atoms with Crippen LogP contribution in [0.5, 0.6) is 0 Å². The third kappa shape index (κ3) is 2.47. The van der Waals surface area contributed by atoms with Gasteiger partial charge in [-0.15, -0.1) is 0 Å². The Morgan fingerprint density at radius 1 is 1.15 bits per heavy atom. The summed E-state index contributed by atoms with van der Waals surface area (Å²) < 4.78 is 0. The van der Waals surface area contributed by atoms with Gasteiger partial charge in [0.1, 0.15) is 5.82 Å². The Morgan fingerprint density at radius 3 is 3.00 bits per heavy atom. The second kappa shape index (κ2) is 5.92. The number of aromatic nitrogens is 3. The molecule has 5 rings (SSSR count). The van der Waals surface area contributed by atoms with Crippen LogP contribution in [-0.4, -0.2) is 28.0 Å². The van der Waals surface area contributed by atoms with Gasteiger partial charge in [-0.25, -0.2) is 9.97 Å². The number of piperidine rings is 1. The Hall–Kier alpha value is -2.20. The number of hydrogen-bond acceptors (Lipinski definition) is 4. The molecule has 0 bridgehead atoms. The molecule has 5 heteroatoms. The molecule has 132 valence electrons. The van der Waals surface area contributed by atoms with Crippen molar-refractivity contribution in [1.82, 2.24) is 15.0 Å². The van der Waals surface area contributed by atoms with Crippen molar-refractivity contribution >= 4 is 28.2 Å². The average Bonchev–Trinajstić information content (AvgIpc) is 2.98. The monoisotopic (exact) mass is 364 g/mol. The molecule has 3 aromatic rings. The van der Waals surface area contributed by atoms with Crippen molar-refractivity contribution in [1.29, 1.82) is 0 Å². The number of pyridine rings is 1. The molecule has 0 saturated carbocycles. The van der Waals surface area contributed by atoms with Crippen molar-refractivity contribution in [3.8, 4) is 0 Å². The highest BCUT2D eigenvalue weighted by Crippen LogP contribution is 2.45. The predicted molar refractivity (Wildman–Crippen MR) is 105 cm³/mol. The molecule has 0 amide bonds. The Labute approximate surface area is 158 Å². The summed E-state index contributed by atoms with van der Waals surface area (Å²) in [6.45, 7) is 4.08. The van der Waals surface area contributed by atoms with Gasteiger partial charge in [-0.2, -0.15) is 0 Å². The molecule has 1 aromatic carbocycles. The summed E-state index contributed by atoms with van der Waals surface area (Å²) in [5.74, 6) is 0.881. The maximum atomic E-state index is 6.16. The van der Waals surface area contributed by atoms with Crippen molar-refractivity contribution in [2.45, 2.75) is 38.0 Å². The highest BCUT2D eigenvalue weighted by Gasteiger charge is 2.43. The molecule has 3 heterocycles.